The molecule has 2 atom stereocenters. The number of para-hydroxylation sites is 1. The third-order valence-electron chi connectivity index (χ3n) is 2.81. The number of benzene rings is 2. The van der Waals surface area contributed by atoms with Crippen LogP contribution in [0.1, 0.15) is 11.7 Å². The molecule has 1 heterocycles. The first-order chi connectivity index (χ1) is 8.84. The predicted octanol–water partition coefficient (Wildman–Crippen LogP) is 2.73. The van der Waals surface area contributed by atoms with Crippen molar-refractivity contribution in [1.29, 1.82) is 0 Å². The van der Waals surface area contributed by atoms with Gasteiger partial charge in [-0.2, -0.15) is 0 Å². The molecule has 3 heteroatoms. The Morgan fingerprint density at radius 1 is 0.944 bits per heavy atom. The Bertz CT molecular complexity index is 536. The minimum Gasteiger partial charge on any atom is -0.425 e. The maximum Gasteiger partial charge on any atom is 0.343 e. The van der Waals surface area contributed by atoms with Gasteiger partial charge in [-0.3, -0.25) is 0 Å². The Labute approximate surface area is 105 Å². The summed E-state index contributed by atoms with van der Waals surface area (Å²) in [5.41, 5.74) is 1.01. The molecule has 2 aromatic rings. The highest BCUT2D eigenvalue weighted by Crippen LogP contribution is 2.39. The van der Waals surface area contributed by atoms with E-state index >= 15 is 0 Å². The Balaban J connectivity index is 1.63. The zero-order valence-electron chi connectivity index (χ0n) is 9.65. The number of rotatable bonds is 3. The molecule has 0 amide bonds. The Morgan fingerprint density at radius 2 is 1.56 bits per heavy atom. The van der Waals surface area contributed by atoms with Crippen molar-refractivity contribution in [2.45, 2.75) is 12.2 Å². The summed E-state index contributed by atoms with van der Waals surface area (Å²) in [6.07, 6.45) is -0.644. The minimum atomic E-state index is -0.479. The largest absolute Gasteiger partial charge is 0.425 e. The highest BCUT2D eigenvalue weighted by atomic mass is 16.6. The number of carbonyl (C=O) groups excluding carboxylic acids is 1. The van der Waals surface area contributed by atoms with Crippen LogP contribution in [0.15, 0.2) is 60.7 Å². The molecule has 1 saturated heterocycles. The summed E-state index contributed by atoms with van der Waals surface area (Å²) in [7, 11) is 0. The monoisotopic (exact) mass is 240 g/mol. The van der Waals surface area contributed by atoms with E-state index in [0.29, 0.717) is 5.75 Å². The lowest BCUT2D eigenvalue weighted by atomic mass is 10.1. The van der Waals surface area contributed by atoms with E-state index in [0.717, 1.165) is 5.56 Å². The Hall–Kier alpha value is -2.13. The lowest BCUT2D eigenvalue weighted by molar-refractivity contribution is -0.135. The molecule has 1 unspecified atom stereocenters. The summed E-state index contributed by atoms with van der Waals surface area (Å²) >= 11 is 0. The van der Waals surface area contributed by atoms with Crippen LogP contribution in [-0.2, 0) is 9.53 Å². The minimum absolute atomic E-state index is 0.164. The van der Waals surface area contributed by atoms with Crippen molar-refractivity contribution in [3.8, 4) is 5.75 Å². The molecule has 0 aliphatic carbocycles. The quantitative estimate of drug-likeness (QED) is 0.470. The standard InChI is InChI=1S/C15H12O3/c16-15(17-12-9-5-2-6-10-12)14-13(18-14)11-7-3-1-4-8-11/h1-10,13-14H/t13-,14?/m1/s1. The molecular weight excluding hydrogens is 228 g/mol. The summed E-state index contributed by atoms with van der Waals surface area (Å²) < 4.78 is 10.6. The number of epoxide rings is 1. The molecule has 0 aromatic heterocycles. The van der Waals surface area contributed by atoms with Crippen molar-refractivity contribution in [3.63, 3.8) is 0 Å². The van der Waals surface area contributed by atoms with Crippen LogP contribution in [-0.4, -0.2) is 12.1 Å². The number of hydrogen-bond acceptors (Lipinski definition) is 3. The number of hydrogen-bond donors (Lipinski definition) is 0. The van der Waals surface area contributed by atoms with Gasteiger partial charge in [-0.1, -0.05) is 48.5 Å². The van der Waals surface area contributed by atoms with Crippen LogP contribution in [0.25, 0.3) is 0 Å². The van der Waals surface area contributed by atoms with Crippen LogP contribution in [0.3, 0.4) is 0 Å². The average Bonchev–Trinajstić information content (AvgIpc) is 3.21. The summed E-state index contributed by atoms with van der Waals surface area (Å²) in [6, 6.07) is 18.7. The van der Waals surface area contributed by atoms with Crippen molar-refractivity contribution in [2.75, 3.05) is 0 Å². The Morgan fingerprint density at radius 3 is 2.22 bits per heavy atom. The third kappa shape index (κ3) is 2.26. The molecular formula is C15H12O3. The first kappa shape index (κ1) is 11.0. The predicted molar refractivity (Wildman–Crippen MR) is 66.1 cm³/mol. The van der Waals surface area contributed by atoms with Gasteiger partial charge in [0.05, 0.1) is 0 Å². The maximum absolute atomic E-state index is 11.8. The maximum atomic E-state index is 11.8. The second-order valence-electron chi connectivity index (χ2n) is 4.12. The smallest absolute Gasteiger partial charge is 0.343 e. The summed E-state index contributed by atoms with van der Waals surface area (Å²) in [5.74, 6) is 0.208. The van der Waals surface area contributed by atoms with E-state index in [2.05, 4.69) is 0 Å². The Kier molecular flexibility index (Phi) is 2.82. The first-order valence-electron chi connectivity index (χ1n) is 5.82. The normalized spacial score (nSPS) is 21.3. The molecule has 3 nitrogen and oxygen atoms in total. The SMILES string of the molecule is O=C(Oc1ccccc1)C1O[C@@H]1c1ccccc1. The van der Waals surface area contributed by atoms with Gasteiger partial charge in [-0.25, -0.2) is 4.79 Å². The lowest BCUT2D eigenvalue weighted by Crippen LogP contribution is -2.15. The zero-order chi connectivity index (χ0) is 12.4. The summed E-state index contributed by atoms with van der Waals surface area (Å²) in [6.45, 7) is 0. The molecule has 1 fully saturated rings. The molecule has 0 bridgehead atoms. The third-order valence-corrected chi connectivity index (χ3v) is 2.81. The van der Waals surface area contributed by atoms with Gasteiger partial charge in [0.2, 0.25) is 0 Å². The zero-order valence-corrected chi connectivity index (χ0v) is 9.65. The van der Waals surface area contributed by atoms with Crippen LogP contribution in [0.2, 0.25) is 0 Å². The molecule has 0 radical (unpaired) electrons. The van der Waals surface area contributed by atoms with Crippen molar-refractivity contribution < 1.29 is 14.3 Å². The van der Waals surface area contributed by atoms with Crippen molar-refractivity contribution in [3.05, 3.63) is 66.2 Å². The van der Waals surface area contributed by atoms with E-state index in [-0.39, 0.29) is 12.1 Å². The van der Waals surface area contributed by atoms with Gasteiger partial charge >= 0.3 is 5.97 Å². The second-order valence-corrected chi connectivity index (χ2v) is 4.12. The van der Waals surface area contributed by atoms with Crippen molar-refractivity contribution >= 4 is 5.97 Å². The molecule has 3 rings (SSSR count). The summed E-state index contributed by atoms with van der Waals surface area (Å²) in [4.78, 5) is 11.8. The molecule has 18 heavy (non-hydrogen) atoms. The average molecular weight is 240 g/mol. The van der Waals surface area contributed by atoms with E-state index in [4.69, 9.17) is 9.47 Å². The van der Waals surface area contributed by atoms with Gasteiger partial charge in [0.25, 0.3) is 0 Å². The fraction of sp³-hybridized carbons (Fsp3) is 0.133. The highest BCUT2D eigenvalue weighted by Gasteiger charge is 2.47. The summed E-state index contributed by atoms with van der Waals surface area (Å²) in [5, 5.41) is 0. The van der Waals surface area contributed by atoms with Crippen LogP contribution in [0.4, 0.5) is 0 Å². The number of esters is 1. The molecule has 1 aliphatic rings. The van der Waals surface area contributed by atoms with Crippen LogP contribution in [0.5, 0.6) is 5.75 Å². The van der Waals surface area contributed by atoms with Crippen LogP contribution >= 0.6 is 0 Å². The molecule has 90 valence electrons. The molecule has 0 N–H and O–H groups in total. The van der Waals surface area contributed by atoms with Gasteiger partial charge in [0.1, 0.15) is 11.9 Å². The van der Waals surface area contributed by atoms with E-state index in [1.165, 1.54) is 0 Å². The van der Waals surface area contributed by atoms with Crippen LogP contribution in [0, 0.1) is 0 Å². The first-order valence-corrected chi connectivity index (χ1v) is 5.82. The van der Waals surface area contributed by atoms with Crippen molar-refractivity contribution in [2.24, 2.45) is 0 Å². The second kappa shape index (κ2) is 4.63. The van der Waals surface area contributed by atoms with Gasteiger partial charge in [-0.15, -0.1) is 0 Å². The van der Waals surface area contributed by atoms with Gasteiger partial charge in [0.15, 0.2) is 6.10 Å². The van der Waals surface area contributed by atoms with Gasteiger partial charge in [-0.05, 0) is 17.7 Å². The van der Waals surface area contributed by atoms with Crippen LogP contribution < -0.4 is 4.74 Å². The van der Waals surface area contributed by atoms with E-state index in [1.54, 1.807) is 12.1 Å². The lowest BCUT2D eigenvalue weighted by Gasteiger charge is -2.01. The number of carbonyl (C=O) groups is 1. The topological polar surface area (TPSA) is 38.8 Å². The molecule has 1 aliphatic heterocycles. The van der Waals surface area contributed by atoms with E-state index in [1.807, 2.05) is 48.5 Å². The van der Waals surface area contributed by atoms with E-state index < -0.39 is 6.10 Å². The van der Waals surface area contributed by atoms with Crippen molar-refractivity contribution in [1.82, 2.24) is 0 Å². The van der Waals surface area contributed by atoms with Gasteiger partial charge < -0.3 is 9.47 Å². The van der Waals surface area contributed by atoms with Gasteiger partial charge in [0, 0.05) is 0 Å². The van der Waals surface area contributed by atoms with E-state index in [9.17, 15) is 4.79 Å². The molecule has 0 saturated carbocycles. The molecule has 0 spiro atoms. The fourth-order valence-electron chi connectivity index (χ4n) is 1.85. The molecule has 2 aromatic carbocycles. The highest BCUT2D eigenvalue weighted by molar-refractivity contribution is 5.80. The number of ether oxygens (including phenoxy) is 2. The fourth-order valence-corrected chi connectivity index (χ4v) is 1.85.